The van der Waals surface area contributed by atoms with Crippen LogP contribution in [-0.4, -0.2) is 56.3 Å². The molecule has 3 fully saturated rings. The van der Waals surface area contributed by atoms with Gasteiger partial charge in [0, 0.05) is 17.9 Å². The number of benzene rings is 1. The summed E-state index contributed by atoms with van der Waals surface area (Å²) in [5.74, 6) is -0.290. The Hall–Kier alpha value is -2.08. The van der Waals surface area contributed by atoms with Gasteiger partial charge in [-0.25, -0.2) is 0 Å². The second-order valence-corrected chi connectivity index (χ2v) is 8.99. The molecule has 6 heteroatoms. The van der Waals surface area contributed by atoms with Gasteiger partial charge in [0.1, 0.15) is 17.8 Å². The average Bonchev–Trinajstić information content (AvgIpc) is 3.13. The number of carbonyl (C=O) groups excluding carboxylic acids is 2. The second kappa shape index (κ2) is 8.34. The Morgan fingerprint density at radius 1 is 1.17 bits per heavy atom. The van der Waals surface area contributed by atoms with E-state index in [1.807, 2.05) is 24.3 Å². The van der Waals surface area contributed by atoms with Gasteiger partial charge in [0.15, 0.2) is 0 Å². The quantitative estimate of drug-likeness (QED) is 0.559. The lowest BCUT2D eigenvalue weighted by molar-refractivity contribution is -0.947. The van der Waals surface area contributed by atoms with E-state index < -0.39 is 12.0 Å². The summed E-state index contributed by atoms with van der Waals surface area (Å²) in [7, 11) is 3.93. The molecule has 3 heterocycles. The monoisotopic (exact) mass is 402 g/mol. The minimum Gasteiger partial charge on any atom is -0.496 e. The van der Waals surface area contributed by atoms with E-state index in [-0.39, 0.29) is 18.4 Å². The normalized spacial score (nSPS) is 34.2. The molecule has 3 aliphatic heterocycles. The summed E-state index contributed by atoms with van der Waals surface area (Å²) in [6.45, 7) is 2.91. The Morgan fingerprint density at radius 2 is 1.97 bits per heavy atom. The maximum atomic E-state index is 13.0. The fourth-order valence-electron chi connectivity index (χ4n) is 5.67. The molecule has 1 unspecified atom stereocenters. The van der Waals surface area contributed by atoms with Gasteiger partial charge < -0.3 is 18.7 Å². The Labute approximate surface area is 172 Å². The van der Waals surface area contributed by atoms with E-state index in [0.717, 1.165) is 16.5 Å². The fraction of sp³-hybridized carbons (Fsp3) is 0.652. The van der Waals surface area contributed by atoms with Gasteiger partial charge in [0.2, 0.25) is 0 Å². The number of esters is 2. The SMILES string of the molecule is COc1ccccc1[C@@H]1OC(=O)C[C@H]1C(=O)OC[C@@H]1CCC[N+]2(C)CCCC[C@H]12. The molecule has 3 aliphatic rings. The van der Waals surface area contributed by atoms with Gasteiger partial charge in [0.25, 0.3) is 0 Å². The summed E-state index contributed by atoms with van der Waals surface area (Å²) in [4.78, 5) is 25.0. The van der Waals surface area contributed by atoms with E-state index in [4.69, 9.17) is 14.2 Å². The highest BCUT2D eigenvalue weighted by Gasteiger charge is 2.46. The Bertz CT molecular complexity index is 761. The van der Waals surface area contributed by atoms with E-state index in [1.54, 1.807) is 7.11 Å². The number of quaternary nitrogens is 1. The van der Waals surface area contributed by atoms with Crippen LogP contribution < -0.4 is 4.74 Å². The molecular weight excluding hydrogens is 370 g/mol. The third-order valence-electron chi connectivity index (χ3n) is 7.21. The first-order chi connectivity index (χ1) is 14.0. The lowest BCUT2D eigenvalue weighted by Crippen LogP contribution is -2.61. The Kier molecular flexibility index (Phi) is 5.81. The molecule has 5 atom stereocenters. The van der Waals surface area contributed by atoms with Gasteiger partial charge in [-0.3, -0.25) is 9.59 Å². The average molecular weight is 403 g/mol. The number of methoxy groups -OCH3 is 1. The smallest absolute Gasteiger partial charge is 0.313 e. The highest BCUT2D eigenvalue weighted by atomic mass is 16.6. The van der Waals surface area contributed by atoms with Crippen molar-refractivity contribution in [3.63, 3.8) is 0 Å². The molecule has 0 radical (unpaired) electrons. The van der Waals surface area contributed by atoms with Crippen molar-refractivity contribution in [2.75, 3.05) is 33.9 Å². The topological polar surface area (TPSA) is 61.8 Å². The van der Waals surface area contributed by atoms with Crippen LogP contribution in [0.3, 0.4) is 0 Å². The summed E-state index contributed by atoms with van der Waals surface area (Å²) in [6.07, 6.45) is 5.49. The van der Waals surface area contributed by atoms with Crippen LogP contribution in [0.5, 0.6) is 5.75 Å². The molecule has 0 bridgehead atoms. The highest BCUT2D eigenvalue weighted by Crippen LogP contribution is 2.41. The number of para-hydroxylation sites is 1. The molecule has 0 spiro atoms. The predicted octanol–water partition coefficient (Wildman–Crippen LogP) is 3.25. The van der Waals surface area contributed by atoms with E-state index >= 15 is 0 Å². The number of nitrogens with zero attached hydrogens (tertiary/aromatic N) is 1. The third kappa shape index (κ3) is 4.00. The first-order valence-electron chi connectivity index (χ1n) is 10.8. The summed E-state index contributed by atoms with van der Waals surface area (Å²) in [5, 5.41) is 0. The molecule has 0 aromatic heterocycles. The first-order valence-corrected chi connectivity index (χ1v) is 10.8. The van der Waals surface area contributed by atoms with Gasteiger partial charge >= 0.3 is 11.9 Å². The zero-order valence-electron chi connectivity index (χ0n) is 17.5. The maximum Gasteiger partial charge on any atom is 0.313 e. The van der Waals surface area contributed by atoms with Crippen LogP contribution in [0.1, 0.15) is 50.2 Å². The fourth-order valence-corrected chi connectivity index (χ4v) is 5.67. The number of piperidine rings is 2. The van der Waals surface area contributed by atoms with Crippen molar-refractivity contribution in [3.05, 3.63) is 29.8 Å². The lowest BCUT2D eigenvalue weighted by atomic mass is 9.82. The number of carbonyl (C=O) groups is 2. The third-order valence-corrected chi connectivity index (χ3v) is 7.21. The molecular formula is C23H32NO5+. The Balaban J connectivity index is 1.44. The van der Waals surface area contributed by atoms with Crippen molar-refractivity contribution < 1.29 is 28.3 Å². The van der Waals surface area contributed by atoms with Gasteiger partial charge in [-0.2, -0.15) is 0 Å². The standard InChI is InChI=1S/C23H32NO5/c1-24-12-6-5-10-19(24)16(8-7-13-24)15-28-23(26)18-14-21(25)29-22(18)17-9-3-4-11-20(17)27-2/h3-4,9,11,16,18-19,22H,5-8,10,12-15H2,1-2H3/q+1/t16-,18+,19+,22-,24?/m0/s1. The van der Waals surface area contributed by atoms with Crippen LogP contribution in [0.15, 0.2) is 24.3 Å². The number of hydrogen-bond donors (Lipinski definition) is 0. The summed E-state index contributed by atoms with van der Waals surface area (Å²) < 4.78 is 17.8. The van der Waals surface area contributed by atoms with Crippen molar-refractivity contribution in [3.8, 4) is 5.75 Å². The number of rotatable bonds is 5. The van der Waals surface area contributed by atoms with Crippen LogP contribution in [0, 0.1) is 11.8 Å². The number of fused-ring (bicyclic) bond motifs is 1. The molecule has 0 saturated carbocycles. The maximum absolute atomic E-state index is 13.0. The molecule has 0 amide bonds. The molecule has 158 valence electrons. The van der Waals surface area contributed by atoms with Gasteiger partial charge in [-0.1, -0.05) is 18.2 Å². The van der Waals surface area contributed by atoms with E-state index in [1.165, 1.54) is 38.8 Å². The molecule has 1 aromatic rings. The predicted molar refractivity (Wildman–Crippen MR) is 107 cm³/mol. The number of hydrogen-bond acceptors (Lipinski definition) is 5. The zero-order chi connectivity index (χ0) is 20.4. The van der Waals surface area contributed by atoms with Gasteiger partial charge in [-0.05, 0) is 31.7 Å². The van der Waals surface area contributed by atoms with Crippen molar-refractivity contribution in [2.45, 2.75) is 50.7 Å². The van der Waals surface area contributed by atoms with Crippen LogP contribution in [0.2, 0.25) is 0 Å². The van der Waals surface area contributed by atoms with Crippen LogP contribution in [0.25, 0.3) is 0 Å². The van der Waals surface area contributed by atoms with Crippen LogP contribution >= 0.6 is 0 Å². The van der Waals surface area contributed by atoms with E-state index in [0.29, 0.717) is 24.3 Å². The minimum atomic E-state index is -0.645. The largest absolute Gasteiger partial charge is 0.496 e. The zero-order valence-corrected chi connectivity index (χ0v) is 17.5. The molecule has 3 saturated heterocycles. The first kappa shape index (κ1) is 20.2. The Morgan fingerprint density at radius 3 is 2.79 bits per heavy atom. The minimum absolute atomic E-state index is 0.0589. The van der Waals surface area contributed by atoms with Crippen LogP contribution in [0.4, 0.5) is 0 Å². The van der Waals surface area contributed by atoms with Gasteiger partial charge in [-0.15, -0.1) is 0 Å². The summed E-state index contributed by atoms with van der Waals surface area (Å²) in [5.41, 5.74) is 0.719. The molecule has 29 heavy (non-hydrogen) atoms. The van der Waals surface area contributed by atoms with Gasteiger partial charge in [0.05, 0.1) is 46.3 Å². The second-order valence-electron chi connectivity index (χ2n) is 8.99. The molecule has 6 nitrogen and oxygen atoms in total. The molecule has 1 aromatic carbocycles. The van der Waals surface area contributed by atoms with Crippen molar-refractivity contribution >= 4 is 11.9 Å². The lowest BCUT2D eigenvalue weighted by Gasteiger charge is -2.51. The van der Waals surface area contributed by atoms with E-state index in [2.05, 4.69) is 7.05 Å². The molecule has 0 aliphatic carbocycles. The molecule has 4 rings (SSSR count). The number of cyclic esters (lactones) is 1. The van der Waals surface area contributed by atoms with E-state index in [9.17, 15) is 9.59 Å². The summed E-state index contributed by atoms with van der Waals surface area (Å²) in [6, 6.07) is 7.95. The van der Waals surface area contributed by atoms with Crippen molar-refractivity contribution in [2.24, 2.45) is 11.8 Å². The number of ether oxygens (including phenoxy) is 3. The highest BCUT2D eigenvalue weighted by molar-refractivity contribution is 5.84. The molecule has 0 N–H and O–H groups in total. The summed E-state index contributed by atoms with van der Waals surface area (Å²) >= 11 is 0. The van der Waals surface area contributed by atoms with Crippen molar-refractivity contribution in [1.29, 1.82) is 0 Å². The van der Waals surface area contributed by atoms with Crippen LogP contribution in [-0.2, 0) is 19.1 Å². The van der Waals surface area contributed by atoms with Crippen molar-refractivity contribution in [1.82, 2.24) is 0 Å².